The van der Waals surface area contributed by atoms with Gasteiger partial charge in [-0.3, -0.25) is 20.4 Å². The van der Waals surface area contributed by atoms with Crippen LogP contribution in [0, 0.1) is 5.82 Å². The molecule has 2 aromatic carbocycles. The topological polar surface area (TPSA) is 98.1 Å². The number of halogens is 1. The van der Waals surface area contributed by atoms with E-state index in [2.05, 4.69) is 21.0 Å². The van der Waals surface area contributed by atoms with Gasteiger partial charge in [0, 0.05) is 0 Å². The SMILES string of the molecule is CC(Oc1ccc(F)cc1)C(=O)NNC(=O)c1cnn(-c2ccccc2)n1. The van der Waals surface area contributed by atoms with Gasteiger partial charge in [0.2, 0.25) is 0 Å². The van der Waals surface area contributed by atoms with Crippen LogP contribution in [0.1, 0.15) is 17.4 Å². The summed E-state index contributed by atoms with van der Waals surface area (Å²) in [6.07, 6.45) is 0.378. The number of amides is 2. The number of para-hydroxylation sites is 1. The molecule has 1 atom stereocenters. The lowest BCUT2D eigenvalue weighted by Gasteiger charge is -2.14. The third-order valence-electron chi connectivity index (χ3n) is 3.51. The summed E-state index contributed by atoms with van der Waals surface area (Å²) in [6.45, 7) is 1.50. The zero-order valence-electron chi connectivity index (χ0n) is 14.3. The number of carbonyl (C=O) groups excluding carboxylic acids is 2. The average molecular weight is 369 g/mol. The first kappa shape index (κ1) is 18.1. The summed E-state index contributed by atoms with van der Waals surface area (Å²) in [5.74, 6) is -1.28. The number of hydrogen-bond donors (Lipinski definition) is 2. The Hall–Kier alpha value is -3.75. The van der Waals surface area contributed by atoms with Crippen LogP contribution in [0.4, 0.5) is 4.39 Å². The van der Waals surface area contributed by atoms with Gasteiger partial charge < -0.3 is 4.74 Å². The molecule has 0 bridgehead atoms. The third kappa shape index (κ3) is 4.66. The van der Waals surface area contributed by atoms with Gasteiger partial charge in [0.1, 0.15) is 11.6 Å². The fourth-order valence-corrected chi connectivity index (χ4v) is 2.11. The van der Waals surface area contributed by atoms with Crippen LogP contribution in [0.15, 0.2) is 60.8 Å². The van der Waals surface area contributed by atoms with E-state index in [9.17, 15) is 14.0 Å². The number of nitrogens with zero attached hydrogens (tertiary/aromatic N) is 3. The molecule has 2 amide bonds. The van der Waals surface area contributed by atoms with Gasteiger partial charge in [-0.25, -0.2) is 4.39 Å². The van der Waals surface area contributed by atoms with Crippen LogP contribution >= 0.6 is 0 Å². The van der Waals surface area contributed by atoms with Crippen molar-refractivity contribution in [3.63, 3.8) is 0 Å². The maximum Gasteiger partial charge on any atom is 0.291 e. The average Bonchev–Trinajstić information content (AvgIpc) is 3.18. The summed E-state index contributed by atoms with van der Waals surface area (Å²) in [6, 6.07) is 14.3. The summed E-state index contributed by atoms with van der Waals surface area (Å²) in [5.41, 5.74) is 5.22. The van der Waals surface area contributed by atoms with E-state index in [4.69, 9.17) is 4.74 Å². The summed E-state index contributed by atoms with van der Waals surface area (Å²) in [5, 5.41) is 8.06. The number of carbonyl (C=O) groups is 2. The monoisotopic (exact) mass is 369 g/mol. The summed E-state index contributed by atoms with van der Waals surface area (Å²) >= 11 is 0. The van der Waals surface area contributed by atoms with Crippen LogP contribution < -0.4 is 15.6 Å². The number of ether oxygens (including phenoxy) is 1. The van der Waals surface area contributed by atoms with Crippen molar-refractivity contribution in [1.82, 2.24) is 25.8 Å². The second-order valence-electron chi connectivity index (χ2n) is 5.51. The predicted octanol–water partition coefficient (Wildman–Crippen LogP) is 1.63. The lowest BCUT2D eigenvalue weighted by atomic mass is 10.3. The molecule has 0 saturated heterocycles. The van der Waals surface area contributed by atoms with Gasteiger partial charge in [-0.2, -0.15) is 9.90 Å². The molecule has 0 spiro atoms. The van der Waals surface area contributed by atoms with Gasteiger partial charge in [0.05, 0.1) is 11.9 Å². The quantitative estimate of drug-likeness (QED) is 0.666. The van der Waals surface area contributed by atoms with Crippen molar-refractivity contribution < 1.29 is 18.7 Å². The van der Waals surface area contributed by atoms with Crippen LogP contribution in [0.25, 0.3) is 5.69 Å². The Morgan fingerprint density at radius 3 is 2.48 bits per heavy atom. The van der Waals surface area contributed by atoms with E-state index < -0.39 is 23.7 Å². The molecule has 1 heterocycles. The van der Waals surface area contributed by atoms with E-state index in [0.29, 0.717) is 11.4 Å². The highest BCUT2D eigenvalue weighted by atomic mass is 19.1. The Morgan fingerprint density at radius 1 is 1.07 bits per heavy atom. The Bertz CT molecular complexity index is 928. The van der Waals surface area contributed by atoms with Gasteiger partial charge in [-0.1, -0.05) is 18.2 Å². The van der Waals surface area contributed by atoms with Crippen molar-refractivity contribution in [1.29, 1.82) is 0 Å². The molecular formula is C18H16FN5O3. The highest BCUT2D eigenvalue weighted by Gasteiger charge is 2.17. The minimum Gasteiger partial charge on any atom is -0.481 e. The van der Waals surface area contributed by atoms with E-state index in [-0.39, 0.29) is 5.69 Å². The highest BCUT2D eigenvalue weighted by Crippen LogP contribution is 2.13. The molecule has 0 fully saturated rings. The first-order chi connectivity index (χ1) is 13.0. The molecule has 138 valence electrons. The predicted molar refractivity (Wildman–Crippen MR) is 93.5 cm³/mol. The van der Waals surface area contributed by atoms with Crippen molar-refractivity contribution in [3.05, 3.63) is 72.3 Å². The molecular weight excluding hydrogens is 353 g/mol. The standard InChI is InChI=1S/C18H16FN5O3/c1-12(27-15-9-7-13(19)8-10-15)17(25)21-22-18(26)16-11-20-24(23-16)14-5-3-2-4-6-14/h2-12H,1H3,(H,21,25)(H,22,26). The zero-order chi connectivity index (χ0) is 19.2. The normalized spacial score (nSPS) is 11.5. The minimum atomic E-state index is -0.907. The van der Waals surface area contributed by atoms with Gasteiger partial charge in [0.25, 0.3) is 11.8 Å². The fourth-order valence-electron chi connectivity index (χ4n) is 2.11. The molecule has 2 N–H and O–H groups in total. The minimum absolute atomic E-state index is 0.0336. The summed E-state index contributed by atoms with van der Waals surface area (Å²) in [4.78, 5) is 25.4. The largest absolute Gasteiger partial charge is 0.481 e. The molecule has 0 aliphatic heterocycles. The molecule has 3 aromatic rings. The number of nitrogens with one attached hydrogen (secondary N) is 2. The van der Waals surface area contributed by atoms with E-state index in [0.717, 1.165) is 0 Å². The van der Waals surface area contributed by atoms with Crippen LogP contribution in [0.5, 0.6) is 5.75 Å². The molecule has 9 heteroatoms. The Morgan fingerprint density at radius 2 is 1.78 bits per heavy atom. The first-order valence-corrected chi connectivity index (χ1v) is 8.03. The van der Waals surface area contributed by atoms with Crippen LogP contribution in [0.3, 0.4) is 0 Å². The van der Waals surface area contributed by atoms with Crippen molar-refractivity contribution >= 4 is 11.8 Å². The fraction of sp³-hybridized carbons (Fsp3) is 0.111. The second-order valence-corrected chi connectivity index (χ2v) is 5.51. The van der Waals surface area contributed by atoms with Gasteiger partial charge >= 0.3 is 0 Å². The number of benzene rings is 2. The third-order valence-corrected chi connectivity index (χ3v) is 3.51. The van der Waals surface area contributed by atoms with E-state index in [1.165, 1.54) is 42.2 Å². The molecule has 0 aliphatic rings. The molecule has 0 radical (unpaired) electrons. The lowest BCUT2D eigenvalue weighted by molar-refractivity contribution is -0.128. The zero-order valence-corrected chi connectivity index (χ0v) is 14.3. The number of hydrogen-bond acceptors (Lipinski definition) is 5. The first-order valence-electron chi connectivity index (χ1n) is 8.03. The molecule has 3 rings (SSSR count). The van der Waals surface area contributed by atoms with Crippen LogP contribution in [0.2, 0.25) is 0 Å². The molecule has 0 aliphatic carbocycles. The number of rotatable bonds is 5. The summed E-state index contributed by atoms with van der Waals surface area (Å²) < 4.78 is 18.2. The van der Waals surface area contributed by atoms with Crippen molar-refractivity contribution in [2.24, 2.45) is 0 Å². The molecule has 0 saturated carbocycles. The van der Waals surface area contributed by atoms with Crippen molar-refractivity contribution in [3.8, 4) is 11.4 Å². The maximum atomic E-state index is 12.9. The van der Waals surface area contributed by atoms with Gasteiger partial charge in [-0.15, -0.1) is 5.10 Å². The Kier molecular flexibility index (Phi) is 5.41. The van der Waals surface area contributed by atoms with Crippen molar-refractivity contribution in [2.75, 3.05) is 0 Å². The van der Waals surface area contributed by atoms with Crippen molar-refractivity contribution in [2.45, 2.75) is 13.0 Å². The highest BCUT2D eigenvalue weighted by molar-refractivity contribution is 5.93. The smallest absolute Gasteiger partial charge is 0.291 e. The van der Waals surface area contributed by atoms with Gasteiger partial charge in [-0.05, 0) is 43.3 Å². The maximum absolute atomic E-state index is 12.9. The van der Waals surface area contributed by atoms with E-state index >= 15 is 0 Å². The molecule has 1 unspecified atom stereocenters. The van der Waals surface area contributed by atoms with E-state index in [1.807, 2.05) is 18.2 Å². The number of hydrazine groups is 1. The lowest BCUT2D eigenvalue weighted by Crippen LogP contribution is -2.47. The second kappa shape index (κ2) is 8.09. The summed E-state index contributed by atoms with van der Waals surface area (Å²) in [7, 11) is 0. The molecule has 27 heavy (non-hydrogen) atoms. The van der Waals surface area contributed by atoms with E-state index in [1.54, 1.807) is 12.1 Å². The molecule has 8 nitrogen and oxygen atoms in total. The van der Waals surface area contributed by atoms with Crippen LogP contribution in [-0.4, -0.2) is 32.9 Å². The van der Waals surface area contributed by atoms with Crippen LogP contribution in [-0.2, 0) is 4.79 Å². The molecule has 1 aromatic heterocycles. The number of aromatic nitrogens is 3. The Labute approximate surface area is 153 Å². The Balaban J connectivity index is 1.53. The van der Waals surface area contributed by atoms with Gasteiger partial charge in [0.15, 0.2) is 11.8 Å².